The van der Waals surface area contributed by atoms with Gasteiger partial charge >= 0.3 is 7.60 Å². The minimum atomic E-state index is -4.51. The van der Waals surface area contributed by atoms with Crippen LogP contribution in [0.3, 0.4) is 0 Å². The molecule has 1 radical (unpaired) electrons. The molecule has 1 saturated heterocycles. The third-order valence-electron chi connectivity index (χ3n) is 2.35. The van der Waals surface area contributed by atoms with E-state index in [1.54, 1.807) is 0 Å². The van der Waals surface area contributed by atoms with E-state index in [0.29, 0.717) is 0 Å². The Kier molecular flexibility index (Phi) is 2.80. The number of hydroxylamine groups is 2. The number of hydrogen-bond acceptors (Lipinski definition) is 4. The highest BCUT2D eigenvalue weighted by Gasteiger charge is 2.56. The molecule has 1 rings (SSSR count). The van der Waals surface area contributed by atoms with Gasteiger partial charge in [0.1, 0.15) is 0 Å². The van der Waals surface area contributed by atoms with Crippen LogP contribution in [-0.2, 0) is 14.7 Å². The van der Waals surface area contributed by atoms with E-state index in [1.165, 1.54) is 0 Å². The molecule has 1 fully saturated rings. The average Bonchev–Trinajstić information content (AvgIpc) is 2.29. The highest BCUT2D eigenvalue weighted by Crippen LogP contribution is 2.58. The van der Waals surface area contributed by atoms with Crippen LogP contribution >= 0.6 is 7.60 Å². The van der Waals surface area contributed by atoms with E-state index in [4.69, 9.17) is 15.0 Å². The van der Waals surface area contributed by atoms with Crippen molar-refractivity contribution < 1.29 is 29.7 Å². The zero-order valence-corrected chi connectivity index (χ0v) is 7.85. The van der Waals surface area contributed by atoms with E-state index >= 15 is 0 Å². The van der Waals surface area contributed by atoms with Gasteiger partial charge in [0, 0.05) is 0 Å². The van der Waals surface area contributed by atoms with Crippen molar-refractivity contribution in [2.75, 3.05) is 0 Å². The van der Waals surface area contributed by atoms with Crippen molar-refractivity contribution in [3.05, 3.63) is 0 Å². The second-order valence-electron chi connectivity index (χ2n) is 3.19. The van der Waals surface area contributed by atoms with Gasteiger partial charge < -0.3 is 9.79 Å². The molecular formula is C5H11NO6P. The van der Waals surface area contributed by atoms with Crippen LogP contribution in [0, 0.1) is 0 Å². The normalized spacial score (nSPS) is 36.8. The molecule has 0 unspecified atom stereocenters. The lowest BCUT2D eigenvalue weighted by atomic mass is 10.2. The van der Waals surface area contributed by atoms with Crippen LogP contribution in [0.4, 0.5) is 0 Å². The SMILES string of the molecule is C[C@]1(P(=O)(O)O)CC[C@H](OO)N1[O]. The van der Waals surface area contributed by atoms with E-state index in [2.05, 4.69) is 4.89 Å². The first kappa shape index (κ1) is 11.1. The highest BCUT2D eigenvalue weighted by molar-refractivity contribution is 7.53. The van der Waals surface area contributed by atoms with Crippen molar-refractivity contribution >= 4 is 7.60 Å². The number of nitrogens with zero attached hydrogens (tertiary/aromatic N) is 1. The van der Waals surface area contributed by atoms with Gasteiger partial charge in [-0.2, -0.15) is 0 Å². The smallest absolute Gasteiger partial charge is 0.323 e. The van der Waals surface area contributed by atoms with Gasteiger partial charge in [-0.25, -0.2) is 4.89 Å². The number of hydrogen-bond donors (Lipinski definition) is 3. The third kappa shape index (κ3) is 1.64. The molecule has 0 spiro atoms. The Morgan fingerprint density at radius 2 is 2.15 bits per heavy atom. The molecule has 13 heavy (non-hydrogen) atoms. The van der Waals surface area contributed by atoms with Crippen molar-refractivity contribution in [2.24, 2.45) is 0 Å². The van der Waals surface area contributed by atoms with Crippen molar-refractivity contribution in [1.82, 2.24) is 5.06 Å². The molecule has 1 aliphatic heterocycles. The minimum absolute atomic E-state index is 0.00793. The summed E-state index contributed by atoms with van der Waals surface area (Å²) in [6.07, 6.45) is -1.09. The Morgan fingerprint density at radius 1 is 1.62 bits per heavy atom. The van der Waals surface area contributed by atoms with Gasteiger partial charge in [0.15, 0.2) is 11.5 Å². The van der Waals surface area contributed by atoms with Gasteiger partial charge in [-0.05, 0) is 19.8 Å². The Balaban J connectivity index is 2.90. The van der Waals surface area contributed by atoms with E-state index in [-0.39, 0.29) is 17.9 Å². The fraction of sp³-hybridized carbons (Fsp3) is 1.00. The maximum atomic E-state index is 11.2. The van der Waals surface area contributed by atoms with E-state index in [1.807, 2.05) is 0 Å². The van der Waals surface area contributed by atoms with Gasteiger partial charge in [-0.3, -0.25) is 9.82 Å². The predicted molar refractivity (Wildman–Crippen MR) is 39.7 cm³/mol. The van der Waals surface area contributed by atoms with Gasteiger partial charge in [0.2, 0.25) is 0 Å². The first-order chi connectivity index (χ1) is 5.83. The second-order valence-corrected chi connectivity index (χ2v) is 5.24. The molecule has 77 valence electrons. The summed E-state index contributed by atoms with van der Waals surface area (Å²) < 4.78 is 10.9. The third-order valence-corrected chi connectivity index (χ3v) is 4.03. The quantitative estimate of drug-likeness (QED) is 0.341. The highest BCUT2D eigenvalue weighted by atomic mass is 31.2. The Labute approximate surface area is 74.6 Å². The van der Waals surface area contributed by atoms with Crippen molar-refractivity contribution in [1.29, 1.82) is 0 Å². The molecule has 0 bridgehead atoms. The Hall–Kier alpha value is -0.0100. The molecule has 1 heterocycles. The Morgan fingerprint density at radius 3 is 2.38 bits per heavy atom. The van der Waals surface area contributed by atoms with Gasteiger partial charge in [-0.15, -0.1) is 10.3 Å². The van der Waals surface area contributed by atoms with Crippen LogP contribution in [0.2, 0.25) is 0 Å². The summed E-state index contributed by atoms with van der Waals surface area (Å²) in [5, 5.41) is 17.8. The molecule has 0 saturated carbocycles. The van der Waals surface area contributed by atoms with Crippen LogP contribution in [0.25, 0.3) is 0 Å². The van der Waals surface area contributed by atoms with Crippen LogP contribution in [-0.4, -0.2) is 31.6 Å². The number of rotatable bonds is 2. The summed E-state index contributed by atoms with van der Waals surface area (Å²) in [6.45, 7) is 1.15. The average molecular weight is 212 g/mol. The molecule has 2 atom stereocenters. The molecule has 0 amide bonds. The fourth-order valence-electron chi connectivity index (χ4n) is 1.30. The summed E-state index contributed by atoms with van der Waals surface area (Å²) >= 11 is 0. The predicted octanol–water partition coefficient (Wildman–Crippen LogP) is 0.137. The Bertz CT molecular complexity index is 241. The molecule has 8 heteroatoms. The summed E-state index contributed by atoms with van der Waals surface area (Å²) in [5.41, 5.74) is 0. The molecule has 0 aromatic rings. The minimum Gasteiger partial charge on any atom is -0.323 e. The van der Waals surface area contributed by atoms with Crippen LogP contribution in [0.5, 0.6) is 0 Å². The standard InChI is InChI=1S/C5H11NO6P/c1-5(13(9,10)11)3-2-4(12-8)6(5)7/h4,8H,2-3H2,1H3,(H2,9,10,11)/t4-,5-/m0/s1. The van der Waals surface area contributed by atoms with Gasteiger partial charge in [-0.1, -0.05) is 0 Å². The zero-order valence-electron chi connectivity index (χ0n) is 6.95. The molecule has 3 N–H and O–H groups in total. The maximum absolute atomic E-state index is 11.2. The van der Waals surface area contributed by atoms with Crippen LogP contribution in [0.15, 0.2) is 0 Å². The van der Waals surface area contributed by atoms with Gasteiger partial charge in [0.25, 0.3) is 0 Å². The first-order valence-corrected chi connectivity index (χ1v) is 5.26. The fourth-order valence-corrected chi connectivity index (χ4v) is 2.11. The summed E-state index contributed by atoms with van der Waals surface area (Å²) in [5.74, 6) is 0. The second kappa shape index (κ2) is 3.29. The largest absolute Gasteiger partial charge is 0.347 e. The lowest BCUT2D eigenvalue weighted by Crippen LogP contribution is -2.42. The van der Waals surface area contributed by atoms with E-state index in [0.717, 1.165) is 6.92 Å². The lowest BCUT2D eigenvalue weighted by molar-refractivity contribution is -0.372. The van der Waals surface area contributed by atoms with Crippen molar-refractivity contribution in [3.8, 4) is 0 Å². The summed E-state index contributed by atoms with van der Waals surface area (Å²) in [7, 11) is -4.51. The maximum Gasteiger partial charge on any atom is 0.347 e. The molecule has 7 nitrogen and oxygen atoms in total. The first-order valence-electron chi connectivity index (χ1n) is 3.65. The summed E-state index contributed by atoms with van der Waals surface area (Å²) in [4.78, 5) is 21.6. The van der Waals surface area contributed by atoms with Crippen LogP contribution < -0.4 is 0 Å². The molecular weight excluding hydrogens is 201 g/mol. The topological polar surface area (TPSA) is 110 Å². The van der Waals surface area contributed by atoms with Crippen molar-refractivity contribution in [3.63, 3.8) is 0 Å². The zero-order chi connectivity index (χ0) is 10.3. The molecule has 0 aliphatic carbocycles. The van der Waals surface area contributed by atoms with Crippen LogP contribution in [0.1, 0.15) is 19.8 Å². The van der Waals surface area contributed by atoms with E-state index in [9.17, 15) is 9.77 Å². The summed E-state index contributed by atoms with van der Waals surface area (Å²) in [6, 6.07) is 0. The van der Waals surface area contributed by atoms with Gasteiger partial charge in [0.05, 0.1) is 0 Å². The lowest BCUT2D eigenvalue weighted by Gasteiger charge is -2.29. The molecule has 1 aliphatic rings. The molecule has 0 aromatic carbocycles. The monoisotopic (exact) mass is 212 g/mol. The molecule has 0 aromatic heterocycles. The van der Waals surface area contributed by atoms with E-state index < -0.39 is 19.1 Å². The van der Waals surface area contributed by atoms with Crippen molar-refractivity contribution in [2.45, 2.75) is 31.3 Å².